The van der Waals surface area contributed by atoms with Gasteiger partial charge in [-0.3, -0.25) is 9.36 Å². The van der Waals surface area contributed by atoms with Crippen molar-refractivity contribution >= 4 is 40.7 Å². The Hall–Kier alpha value is -3.30. The zero-order chi connectivity index (χ0) is 22.1. The maximum atomic E-state index is 13.3. The molecular formula is C22H18N2O5S2. The van der Waals surface area contributed by atoms with Crippen LogP contribution in [0.15, 0.2) is 62.8 Å². The molecule has 31 heavy (non-hydrogen) atoms. The van der Waals surface area contributed by atoms with E-state index in [4.69, 9.17) is 9.84 Å². The quantitative estimate of drug-likeness (QED) is 0.598. The van der Waals surface area contributed by atoms with Crippen molar-refractivity contribution in [3.63, 3.8) is 0 Å². The molecule has 0 fully saturated rings. The van der Waals surface area contributed by atoms with E-state index in [-0.39, 0.29) is 17.7 Å². The van der Waals surface area contributed by atoms with Crippen LogP contribution in [0.2, 0.25) is 0 Å². The van der Waals surface area contributed by atoms with Crippen LogP contribution in [0.4, 0.5) is 0 Å². The number of carbonyl (C=O) groups excluding carboxylic acids is 1. The first-order valence-electron chi connectivity index (χ1n) is 9.47. The number of allylic oxidation sites excluding steroid dienone is 1. The summed E-state index contributed by atoms with van der Waals surface area (Å²) in [4.78, 5) is 43.0. The average Bonchev–Trinajstić information content (AvgIpc) is 3.36. The first kappa shape index (κ1) is 21.0. The third-order valence-corrected chi connectivity index (χ3v) is 6.69. The Balaban J connectivity index is 1.88. The summed E-state index contributed by atoms with van der Waals surface area (Å²) in [7, 11) is 0. The molecule has 1 aliphatic rings. The molecule has 1 aromatic carbocycles. The standard InChI is InChI=1S/C22H18N2O5S2/c1-3-29-21(28)17-12(2)23-22-24(18(17)15-5-4-10-30-15)19(25)16(31-22)11-13-6-8-14(9-7-13)20(26)27/h4-11,18H,3H2,1-2H3,(H,26,27)/t18-/m1/s1. The highest BCUT2D eigenvalue weighted by atomic mass is 32.1. The molecule has 1 aliphatic heterocycles. The Kier molecular flexibility index (Phi) is 5.71. The molecule has 0 radical (unpaired) electrons. The number of rotatable bonds is 5. The van der Waals surface area contributed by atoms with E-state index in [1.807, 2.05) is 17.5 Å². The number of hydrogen-bond acceptors (Lipinski definition) is 7. The monoisotopic (exact) mass is 454 g/mol. The van der Waals surface area contributed by atoms with Gasteiger partial charge in [0.25, 0.3) is 5.56 Å². The third-order valence-electron chi connectivity index (χ3n) is 4.79. The minimum atomic E-state index is -1.01. The van der Waals surface area contributed by atoms with Crippen molar-refractivity contribution in [1.29, 1.82) is 0 Å². The Morgan fingerprint density at radius 2 is 2.00 bits per heavy atom. The summed E-state index contributed by atoms with van der Waals surface area (Å²) >= 11 is 2.69. The molecule has 9 heteroatoms. The number of aromatic nitrogens is 1. The molecule has 2 aromatic heterocycles. The SMILES string of the molecule is CCOC(=O)C1=C(C)N=c2sc(=Cc3ccc(C(=O)O)cc3)c(=O)n2[C@@H]1c1cccs1. The van der Waals surface area contributed by atoms with Crippen molar-refractivity contribution in [2.45, 2.75) is 19.9 Å². The van der Waals surface area contributed by atoms with Gasteiger partial charge >= 0.3 is 11.9 Å². The molecule has 158 valence electrons. The Labute approximate surface area is 184 Å². The van der Waals surface area contributed by atoms with Gasteiger partial charge in [0.2, 0.25) is 0 Å². The van der Waals surface area contributed by atoms with Crippen LogP contribution in [0, 0.1) is 0 Å². The zero-order valence-electron chi connectivity index (χ0n) is 16.7. The number of fused-ring (bicyclic) bond motifs is 1. The molecule has 1 atom stereocenters. The number of carboxylic acid groups (broad SMARTS) is 1. The van der Waals surface area contributed by atoms with Crippen molar-refractivity contribution in [3.8, 4) is 0 Å². The number of thiophene rings is 1. The molecule has 3 aromatic rings. The van der Waals surface area contributed by atoms with Gasteiger partial charge in [-0.05, 0) is 49.1 Å². The van der Waals surface area contributed by atoms with Crippen LogP contribution in [-0.4, -0.2) is 28.2 Å². The highest BCUT2D eigenvalue weighted by Gasteiger charge is 2.33. The lowest BCUT2D eigenvalue weighted by Gasteiger charge is -2.23. The zero-order valence-corrected chi connectivity index (χ0v) is 18.3. The van der Waals surface area contributed by atoms with E-state index in [0.717, 1.165) is 4.88 Å². The van der Waals surface area contributed by atoms with Crippen molar-refractivity contribution in [1.82, 2.24) is 4.57 Å². The number of benzene rings is 1. The summed E-state index contributed by atoms with van der Waals surface area (Å²) < 4.78 is 7.23. The molecule has 0 spiro atoms. The molecule has 0 amide bonds. The van der Waals surface area contributed by atoms with E-state index in [1.165, 1.54) is 39.4 Å². The van der Waals surface area contributed by atoms with Gasteiger partial charge in [0, 0.05) is 4.88 Å². The summed E-state index contributed by atoms with van der Waals surface area (Å²) in [5.74, 6) is -1.50. The lowest BCUT2D eigenvalue weighted by molar-refractivity contribution is -0.139. The molecule has 0 saturated carbocycles. The van der Waals surface area contributed by atoms with E-state index >= 15 is 0 Å². The topological polar surface area (TPSA) is 98.0 Å². The minimum Gasteiger partial charge on any atom is -0.478 e. The molecule has 0 bridgehead atoms. The summed E-state index contributed by atoms with van der Waals surface area (Å²) in [6.07, 6.45) is 1.70. The lowest BCUT2D eigenvalue weighted by atomic mass is 10.0. The predicted molar refractivity (Wildman–Crippen MR) is 118 cm³/mol. The van der Waals surface area contributed by atoms with Crippen LogP contribution in [0.1, 0.15) is 40.7 Å². The van der Waals surface area contributed by atoms with E-state index in [1.54, 1.807) is 32.1 Å². The smallest absolute Gasteiger partial charge is 0.338 e. The predicted octanol–water partition coefficient (Wildman–Crippen LogP) is 2.56. The van der Waals surface area contributed by atoms with Crippen LogP contribution < -0.4 is 14.9 Å². The number of carboxylic acids is 1. The van der Waals surface area contributed by atoms with Gasteiger partial charge in [-0.2, -0.15) is 0 Å². The van der Waals surface area contributed by atoms with E-state index < -0.39 is 18.0 Å². The van der Waals surface area contributed by atoms with Gasteiger partial charge in [-0.1, -0.05) is 29.5 Å². The van der Waals surface area contributed by atoms with Gasteiger partial charge in [0.15, 0.2) is 4.80 Å². The van der Waals surface area contributed by atoms with E-state index in [2.05, 4.69) is 4.99 Å². The fourth-order valence-corrected chi connectivity index (χ4v) is 5.25. The largest absolute Gasteiger partial charge is 0.478 e. The number of carbonyl (C=O) groups is 2. The second kappa shape index (κ2) is 8.44. The van der Waals surface area contributed by atoms with E-state index in [0.29, 0.717) is 26.2 Å². The maximum Gasteiger partial charge on any atom is 0.338 e. The molecule has 0 saturated heterocycles. The van der Waals surface area contributed by atoms with Gasteiger partial charge in [0.1, 0.15) is 6.04 Å². The van der Waals surface area contributed by atoms with Crippen molar-refractivity contribution in [2.75, 3.05) is 6.61 Å². The summed E-state index contributed by atoms with van der Waals surface area (Å²) in [6.45, 7) is 3.71. The van der Waals surface area contributed by atoms with Crippen LogP contribution in [0.25, 0.3) is 6.08 Å². The minimum absolute atomic E-state index is 0.172. The van der Waals surface area contributed by atoms with Crippen LogP contribution in [-0.2, 0) is 9.53 Å². The molecule has 4 rings (SSSR count). The fraction of sp³-hybridized carbons (Fsp3) is 0.182. The van der Waals surface area contributed by atoms with Crippen LogP contribution >= 0.6 is 22.7 Å². The maximum absolute atomic E-state index is 13.3. The molecule has 3 heterocycles. The molecule has 0 aliphatic carbocycles. The van der Waals surface area contributed by atoms with Gasteiger partial charge in [-0.15, -0.1) is 11.3 Å². The average molecular weight is 455 g/mol. The summed E-state index contributed by atoms with van der Waals surface area (Å²) in [6, 6.07) is 9.42. The van der Waals surface area contributed by atoms with Crippen molar-refractivity contribution in [2.24, 2.45) is 4.99 Å². The van der Waals surface area contributed by atoms with Crippen LogP contribution in [0.3, 0.4) is 0 Å². The third kappa shape index (κ3) is 3.89. The Morgan fingerprint density at radius 3 is 2.61 bits per heavy atom. The second-order valence-corrected chi connectivity index (χ2v) is 8.73. The van der Waals surface area contributed by atoms with Crippen molar-refractivity contribution < 1.29 is 19.4 Å². The first-order valence-corrected chi connectivity index (χ1v) is 11.2. The number of thiazole rings is 1. The Morgan fingerprint density at radius 1 is 1.26 bits per heavy atom. The molecule has 7 nitrogen and oxygen atoms in total. The summed E-state index contributed by atoms with van der Waals surface area (Å²) in [5.41, 5.74) is 1.48. The van der Waals surface area contributed by atoms with E-state index in [9.17, 15) is 14.4 Å². The molecule has 0 unspecified atom stereocenters. The molecule has 1 N–H and O–H groups in total. The van der Waals surface area contributed by atoms with Gasteiger partial charge in [-0.25, -0.2) is 14.6 Å². The number of aromatic carboxylic acids is 1. The lowest BCUT2D eigenvalue weighted by Crippen LogP contribution is -2.39. The number of nitrogens with zero attached hydrogens (tertiary/aromatic N) is 2. The number of esters is 1. The summed E-state index contributed by atoms with van der Waals surface area (Å²) in [5, 5.41) is 11.0. The number of hydrogen-bond donors (Lipinski definition) is 1. The first-order chi connectivity index (χ1) is 14.9. The normalized spacial score (nSPS) is 16.1. The van der Waals surface area contributed by atoms with Crippen LogP contribution in [0.5, 0.6) is 0 Å². The number of ether oxygens (including phenoxy) is 1. The van der Waals surface area contributed by atoms with Gasteiger partial charge in [0.05, 0.1) is 28.0 Å². The molecular weight excluding hydrogens is 436 g/mol. The highest BCUT2D eigenvalue weighted by Crippen LogP contribution is 2.33. The van der Waals surface area contributed by atoms with Gasteiger partial charge < -0.3 is 9.84 Å². The Bertz CT molecular complexity index is 1360. The second-order valence-electron chi connectivity index (χ2n) is 6.74. The highest BCUT2D eigenvalue weighted by molar-refractivity contribution is 7.10. The van der Waals surface area contributed by atoms with Crippen molar-refractivity contribution in [3.05, 3.63) is 88.7 Å². The fourth-order valence-electron chi connectivity index (χ4n) is 3.38.